The van der Waals surface area contributed by atoms with Crippen molar-refractivity contribution in [1.82, 2.24) is 4.90 Å². The van der Waals surface area contributed by atoms with E-state index in [0.717, 1.165) is 38.1 Å². The van der Waals surface area contributed by atoms with Gasteiger partial charge in [-0.2, -0.15) is 0 Å². The van der Waals surface area contributed by atoms with Gasteiger partial charge in [0.2, 0.25) is 5.91 Å². The minimum Gasteiger partial charge on any atom is -0.497 e. The van der Waals surface area contributed by atoms with Crippen molar-refractivity contribution >= 4 is 5.91 Å². The molecule has 1 aliphatic heterocycles. The Balaban J connectivity index is 1.49. The van der Waals surface area contributed by atoms with Crippen molar-refractivity contribution in [2.75, 3.05) is 26.8 Å². The monoisotopic (exact) mass is 315 g/mol. The Morgan fingerprint density at radius 1 is 1.30 bits per heavy atom. The van der Waals surface area contributed by atoms with E-state index in [1.54, 1.807) is 13.2 Å². The number of carbonyl (C=O) groups is 1. The lowest BCUT2D eigenvalue weighted by Crippen LogP contribution is -2.41. The van der Waals surface area contributed by atoms with E-state index in [1.165, 1.54) is 5.56 Å². The van der Waals surface area contributed by atoms with Gasteiger partial charge in [-0.15, -0.1) is 6.58 Å². The van der Waals surface area contributed by atoms with E-state index in [0.29, 0.717) is 18.4 Å². The number of ether oxygens (including phenoxy) is 2. The second-order valence-corrected chi connectivity index (χ2v) is 6.37. The molecule has 1 heterocycles. The highest BCUT2D eigenvalue weighted by Gasteiger charge is 2.46. The molecular weight excluding hydrogens is 290 g/mol. The first kappa shape index (κ1) is 16.1. The smallest absolute Gasteiger partial charge is 0.226 e. The molecule has 1 saturated carbocycles. The fourth-order valence-electron chi connectivity index (χ4n) is 3.37. The fourth-order valence-corrected chi connectivity index (χ4v) is 3.37. The van der Waals surface area contributed by atoms with Crippen molar-refractivity contribution in [2.24, 2.45) is 5.92 Å². The molecule has 1 aromatic carbocycles. The highest BCUT2D eigenvalue weighted by Crippen LogP contribution is 2.48. The van der Waals surface area contributed by atoms with E-state index in [2.05, 4.69) is 18.7 Å². The van der Waals surface area contributed by atoms with Crippen molar-refractivity contribution < 1.29 is 14.3 Å². The molecule has 0 bridgehead atoms. The van der Waals surface area contributed by atoms with E-state index in [9.17, 15) is 4.79 Å². The van der Waals surface area contributed by atoms with Gasteiger partial charge in [0.15, 0.2) is 0 Å². The van der Waals surface area contributed by atoms with Gasteiger partial charge in [-0.3, -0.25) is 4.79 Å². The zero-order valence-corrected chi connectivity index (χ0v) is 13.7. The number of carbonyl (C=O) groups excluding carboxylic acids is 1. The van der Waals surface area contributed by atoms with Crippen molar-refractivity contribution in [3.8, 4) is 5.75 Å². The maximum atomic E-state index is 12.6. The van der Waals surface area contributed by atoms with Crippen LogP contribution in [-0.4, -0.2) is 43.7 Å². The largest absolute Gasteiger partial charge is 0.497 e. The molecule has 2 aliphatic rings. The minimum absolute atomic E-state index is 0.161. The summed E-state index contributed by atoms with van der Waals surface area (Å²) >= 11 is 0. The molecule has 124 valence electrons. The van der Waals surface area contributed by atoms with Crippen molar-refractivity contribution in [2.45, 2.75) is 31.3 Å². The first-order valence-electron chi connectivity index (χ1n) is 8.38. The Bertz CT molecular complexity index is 546. The Labute approximate surface area is 138 Å². The summed E-state index contributed by atoms with van der Waals surface area (Å²) in [4.78, 5) is 14.6. The summed E-state index contributed by atoms with van der Waals surface area (Å²) in [5.74, 6) is 1.71. The van der Waals surface area contributed by atoms with E-state index < -0.39 is 0 Å². The maximum absolute atomic E-state index is 12.6. The number of benzene rings is 1. The standard InChI is InChI=1S/C19H25NO3/c1-3-12-23-16-8-10-20(11-9-16)19(21)18-13-17(18)14-4-6-15(22-2)7-5-14/h3-7,16-18H,1,8-13H2,2H3. The molecule has 0 radical (unpaired) electrons. The van der Waals surface area contributed by atoms with E-state index in [4.69, 9.17) is 9.47 Å². The molecule has 4 nitrogen and oxygen atoms in total. The summed E-state index contributed by atoms with van der Waals surface area (Å²) in [6.07, 6.45) is 4.88. The van der Waals surface area contributed by atoms with Crippen LogP contribution in [0.3, 0.4) is 0 Å². The molecule has 0 aromatic heterocycles. The van der Waals surface area contributed by atoms with E-state index in [-0.39, 0.29) is 12.0 Å². The SMILES string of the molecule is C=CCOC1CCN(C(=O)C2CC2c2ccc(OC)cc2)CC1. The van der Waals surface area contributed by atoms with Crippen LogP contribution in [0.4, 0.5) is 0 Å². The van der Waals surface area contributed by atoms with Crippen LogP contribution in [0.1, 0.15) is 30.7 Å². The molecule has 0 spiro atoms. The van der Waals surface area contributed by atoms with Gasteiger partial charge in [0.05, 0.1) is 19.8 Å². The molecule has 23 heavy (non-hydrogen) atoms. The van der Waals surface area contributed by atoms with Crippen LogP contribution in [-0.2, 0) is 9.53 Å². The van der Waals surface area contributed by atoms with Gasteiger partial charge >= 0.3 is 0 Å². The lowest BCUT2D eigenvalue weighted by Gasteiger charge is -2.32. The average Bonchev–Trinajstić information content (AvgIpc) is 3.40. The van der Waals surface area contributed by atoms with Crippen LogP contribution in [0.5, 0.6) is 5.75 Å². The van der Waals surface area contributed by atoms with Crippen LogP contribution in [0.2, 0.25) is 0 Å². The lowest BCUT2D eigenvalue weighted by molar-refractivity contribution is -0.135. The van der Waals surface area contributed by atoms with Gasteiger partial charge in [0, 0.05) is 19.0 Å². The molecule has 1 aliphatic carbocycles. The fraction of sp³-hybridized carbons (Fsp3) is 0.526. The summed E-state index contributed by atoms with van der Waals surface area (Å²) in [6.45, 7) is 5.89. The molecule has 1 amide bonds. The predicted molar refractivity (Wildman–Crippen MR) is 89.6 cm³/mol. The van der Waals surface area contributed by atoms with Crippen LogP contribution < -0.4 is 4.74 Å². The third-order valence-corrected chi connectivity index (χ3v) is 4.86. The zero-order chi connectivity index (χ0) is 16.2. The first-order chi connectivity index (χ1) is 11.2. The molecule has 3 rings (SSSR count). The Morgan fingerprint density at radius 2 is 2.00 bits per heavy atom. The molecular formula is C19H25NO3. The highest BCUT2D eigenvalue weighted by molar-refractivity contribution is 5.83. The van der Waals surface area contributed by atoms with Crippen LogP contribution in [0.15, 0.2) is 36.9 Å². The molecule has 0 N–H and O–H groups in total. The number of methoxy groups -OCH3 is 1. The number of piperidine rings is 1. The zero-order valence-electron chi connectivity index (χ0n) is 13.7. The summed E-state index contributed by atoms with van der Waals surface area (Å²) in [5.41, 5.74) is 1.24. The van der Waals surface area contributed by atoms with Crippen molar-refractivity contribution in [3.63, 3.8) is 0 Å². The van der Waals surface area contributed by atoms with Crippen LogP contribution in [0, 0.1) is 5.92 Å². The molecule has 1 saturated heterocycles. The predicted octanol–water partition coefficient (Wildman–Crippen LogP) is 2.99. The molecule has 2 unspecified atom stereocenters. The summed E-state index contributed by atoms with van der Waals surface area (Å²) in [6, 6.07) is 8.09. The topological polar surface area (TPSA) is 38.8 Å². The number of hydrogen-bond donors (Lipinski definition) is 0. The van der Waals surface area contributed by atoms with Gasteiger partial charge < -0.3 is 14.4 Å². The van der Waals surface area contributed by atoms with Gasteiger partial charge in [0.25, 0.3) is 0 Å². The quantitative estimate of drug-likeness (QED) is 0.758. The highest BCUT2D eigenvalue weighted by atomic mass is 16.5. The number of likely N-dealkylation sites (tertiary alicyclic amines) is 1. The maximum Gasteiger partial charge on any atom is 0.226 e. The Kier molecular flexibility index (Phi) is 5.01. The number of rotatable bonds is 6. The average molecular weight is 315 g/mol. The normalized spacial score (nSPS) is 24.3. The van der Waals surface area contributed by atoms with Gasteiger partial charge in [0.1, 0.15) is 5.75 Å². The van der Waals surface area contributed by atoms with E-state index in [1.807, 2.05) is 17.0 Å². The second-order valence-electron chi connectivity index (χ2n) is 6.37. The van der Waals surface area contributed by atoms with E-state index >= 15 is 0 Å². The Morgan fingerprint density at radius 3 is 2.61 bits per heavy atom. The van der Waals surface area contributed by atoms with Crippen molar-refractivity contribution in [1.29, 1.82) is 0 Å². The molecule has 4 heteroatoms. The van der Waals surface area contributed by atoms with Gasteiger partial charge in [-0.1, -0.05) is 18.2 Å². The molecule has 1 aromatic rings. The van der Waals surface area contributed by atoms with Gasteiger partial charge in [-0.25, -0.2) is 0 Å². The summed E-state index contributed by atoms with van der Waals surface area (Å²) in [7, 11) is 1.67. The number of hydrogen-bond acceptors (Lipinski definition) is 3. The lowest BCUT2D eigenvalue weighted by atomic mass is 10.1. The third-order valence-electron chi connectivity index (χ3n) is 4.86. The minimum atomic E-state index is 0.161. The number of nitrogens with zero attached hydrogens (tertiary/aromatic N) is 1. The summed E-state index contributed by atoms with van der Waals surface area (Å²) in [5, 5.41) is 0. The third kappa shape index (κ3) is 3.75. The van der Waals surface area contributed by atoms with Crippen LogP contribution >= 0.6 is 0 Å². The van der Waals surface area contributed by atoms with Crippen LogP contribution in [0.25, 0.3) is 0 Å². The summed E-state index contributed by atoms with van der Waals surface area (Å²) < 4.78 is 10.9. The second kappa shape index (κ2) is 7.18. The first-order valence-corrected chi connectivity index (χ1v) is 8.38. The van der Waals surface area contributed by atoms with Crippen molar-refractivity contribution in [3.05, 3.63) is 42.5 Å². The molecule has 2 atom stereocenters. The Hall–Kier alpha value is -1.81. The van der Waals surface area contributed by atoms with Gasteiger partial charge in [-0.05, 0) is 42.9 Å². The number of amides is 1. The molecule has 2 fully saturated rings.